The standard InChI is InChI=1S/C14H22N4O2/c1-10(15)13(11-4-3-6-16-8-11)18-7-5-12(9-18)17-14(19)20-2/h3-4,6,8,10,12-13H,5,7,9,15H2,1-2H3,(H,17,19). The summed E-state index contributed by atoms with van der Waals surface area (Å²) in [5.41, 5.74) is 7.25. The predicted octanol–water partition coefficient (Wildman–Crippen LogP) is 0.900. The van der Waals surface area contributed by atoms with Gasteiger partial charge in [0.15, 0.2) is 0 Å². The molecule has 1 fully saturated rings. The molecular formula is C14H22N4O2. The Morgan fingerprint density at radius 1 is 1.65 bits per heavy atom. The zero-order valence-corrected chi connectivity index (χ0v) is 12.0. The van der Waals surface area contributed by atoms with Crippen LogP contribution in [0.15, 0.2) is 24.5 Å². The van der Waals surface area contributed by atoms with E-state index in [2.05, 4.69) is 19.9 Å². The van der Waals surface area contributed by atoms with Gasteiger partial charge in [-0.05, 0) is 25.0 Å². The maximum Gasteiger partial charge on any atom is 0.407 e. The van der Waals surface area contributed by atoms with E-state index in [1.165, 1.54) is 7.11 Å². The summed E-state index contributed by atoms with van der Waals surface area (Å²) in [6, 6.07) is 4.19. The number of carbonyl (C=O) groups excluding carboxylic acids is 1. The number of nitrogens with zero attached hydrogens (tertiary/aromatic N) is 2. The quantitative estimate of drug-likeness (QED) is 0.855. The molecule has 1 amide bonds. The molecule has 110 valence electrons. The van der Waals surface area contributed by atoms with Crippen LogP contribution in [-0.2, 0) is 4.74 Å². The summed E-state index contributed by atoms with van der Waals surface area (Å²) < 4.78 is 4.64. The van der Waals surface area contributed by atoms with Gasteiger partial charge in [0, 0.05) is 37.6 Å². The molecular weight excluding hydrogens is 256 g/mol. The van der Waals surface area contributed by atoms with Gasteiger partial charge in [-0.2, -0.15) is 0 Å². The van der Waals surface area contributed by atoms with Gasteiger partial charge in [-0.1, -0.05) is 6.07 Å². The van der Waals surface area contributed by atoms with E-state index in [4.69, 9.17) is 5.73 Å². The van der Waals surface area contributed by atoms with Crippen LogP contribution in [0.1, 0.15) is 24.9 Å². The van der Waals surface area contributed by atoms with Gasteiger partial charge in [-0.25, -0.2) is 4.79 Å². The molecule has 0 aliphatic carbocycles. The molecule has 0 aromatic carbocycles. The molecule has 3 atom stereocenters. The molecule has 1 aliphatic heterocycles. The number of methoxy groups -OCH3 is 1. The van der Waals surface area contributed by atoms with E-state index < -0.39 is 0 Å². The molecule has 0 radical (unpaired) electrons. The summed E-state index contributed by atoms with van der Waals surface area (Å²) in [6.45, 7) is 3.67. The Hall–Kier alpha value is -1.66. The van der Waals surface area contributed by atoms with Crippen molar-refractivity contribution >= 4 is 6.09 Å². The minimum atomic E-state index is -0.379. The van der Waals surface area contributed by atoms with Crippen LogP contribution in [-0.4, -0.2) is 48.3 Å². The molecule has 2 heterocycles. The van der Waals surface area contributed by atoms with Gasteiger partial charge in [0.1, 0.15) is 0 Å². The van der Waals surface area contributed by atoms with Gasteiger partial charge in [0.2, 0.25) is 0 Å². The van der Waals surface area contributed by atoms with Crippen molar-refractivity contribution in [1.82, 2.24) is 15.2 Å². The van der Waals surface area contributed by atoms with Crippen molar-refractivity contribution in [3.8, 4) is 0 Å². The van der Waals surface area contributed by atoms with Gasteiger partial charge in [0.25, 0.3) is 0 Å². The number of carbonyl (C=O) groups is 1. The summed E-state index contributed by atoms with van der Waals surface area (Å²) in [5.74, 6) is 0. The molecule has 1 aliphatic rings. The number of rotatable bonds is 4. The Morgan fingerprint density at radius 2 is 2.45 bits per heavy atom. The summed E-state index contributed by atoms with van der Waals surface area (Å²) in [5, 5.41) is 2.84. The summed E-state index contributed by atoms with van der Waals surface area (Å²) >= 11 is 0. The topological polar surface area (TPSA) is 80.5 Å². The molecule has 6 heteroatoms. The number of alkyl carbamates (subject to hydrolysis) is 1. The van der Waals surface area contributed by atoms with E-state index in [-0.39, 0.29) is 24.2 Å². The maximum atomic E-state index is 11.3. The van der Waals surface area contributed by atoms with Gasteiger partial charge in [-0.15, -0.1) is 0 Å². The van der Waals surface area contributed by atoms with Crippen LogP contribution in [0.5, 0.6) is 0 Å². The second-order valence-electron chi connectivity index (χ2n) is 5.21. The van der Waals surface area contributed by atoms with E-state index in [9.17, 15) is 4.79 Å². The molecule has 3 unspecified atom stereocenters. The fourth-order valence-electron chi connectivity index (χ4n) is 2.78. The highest BCUT2D eigenvalue weighted by Gasteiger charge is 2.32. The molecule has 0 saturated carbocycles. The highest BCUT2D eigenvalue weighted by atomic mass is 16.5. The Labute approximate surface area is 119 Å². The van der Waals surface area contributed by atoms with Crippen molar-refractivity contribution in [3.63, 3.8) is 0 Å². The highest BCUT2D eigenvalue weighted by Crippen LogP contribution is 2.26. The van der Waals surface area contributed by atoms with Crippen LogP contribution in [0.4, 0.5) is 4.79 Å². The third-order valence-electron chi connectivity index (χ3n) is 3.64. The lowest BCUT2D eigenvalue weighted by molar-refractivity contribution is 0.164. The smallest absolute Gasteiger partial charge is 0.407 e. The zero-order valence-electron chi connectivity index (χ0n) is 12.0. The number of hydrogen-bond donors (Lipinski definition) is 2. The van der Waals surface area contributed by atoms with Crippen molar-refractivity contribution < 1.29 is 9.53 Å². The van der Waals surface area contributed by atoms with Gasteiger partial charge < -0.3 is 15.8 Å². The van der Waals surface area contributed by atoms with E-state index in [0.29, 0.717) is 0 Å². The van der Waals surface area contributed by atoms with Crippen LogP contribution in [0, 0.1) is 0 Å². The number of nitrogens with one attached hydrogen (secondary N) is 1. The minimum Gasteiger partial charge on any atom is -0.453 e. The maximum absolute atomic E-state index is 11.3. The lowest BCUT2D eigenvalue weighted by atomic mass is 10.0. The fraction of sp³-hybridized carbons (Fsp3) is 0.571. The van der Waals surface area contributed by atoms with Crippen LogP contribution in [0.2, 0.25) is 0 Å². The van der Waals surface area contributed by atoms with E-state index in [0.717, 1.165) is 25.1 Å². The lowest BCUT2D eigenvalue weighted by Crippen LogP contribution is -2.41. The molecule has 0 bridgehead atoms. The molecule has 6 nitrogen and oxygen atoms in total. The average molecular weight is 278 g/mol. The molecule has 1 aromatic heterocycles. The number of nitrogens with two attached hydrogens (primary N) is 1. The van der Waals surface area contributed by atoms with E-state index in [1.54, 1.807) is 6.20 Å². The molecule has 0 spiro atoms. The Kier molecular flexibility index (Phi) is 4.92. The number of aromatic nitrogens is 1. The SMILES string of the molecule is COC(=O)NC1CCN(C(c2cccnc2)C(C)N)C1. The summed E-state index contributed by atoms with van der Waals surface area (Å²) in [7, 11) is 1.38. The average Bonchev–Trinajstić information content (AvgIpc) is 2.87. The summed E-state index contributed by atoms with van der Waals surface area (Å²) in [4.78, 5) is 17.7. The molecule has 20 heavy (non-hydrogen) atoms. The van der Waals surface area contributed by atoms with E-state index in [1.807, 2.05) is 25.3 Å². The Bertz CT molecular complexity index is 438. The number of amides is 1. The third-order valence-corrected chi connectivity index (χ3v) is 3.64. The summed E-state index contributed by atoms with van der Waals surface area (Å²) in [6.07, 6.45) is 4.14. The van der Waals surface area contributed by atoms with Gasteiger partial charge in [0.05, 0.1) is 13.2 Å². The fourth-order valence-corrected chi connectivity index (χ4v) is 2.78. The molecule has 2 rings (SSSR count). The largest absolute Gasteiger partial charge is 0.453 e. The first-order chi connectivity index (χ1) is 9.61. The van der Waals surface area contributed by atoms with Crippen molar-refractivity contribution in [2.24, 2.45) is 5.73 Å². The van der Waals surface area contributed by atoms with Crippen molar-refractivity contribution in [3.05, 3.63) is 30.1 Å². The van der Waals surface area contributed by atoms with Crippen molar-refractivity contribution in [2.75, 3.05) is 20.2 Å². The first kappa shape index (κ1) is 14.7. The van der Waals surface area contributed by atoms with Gasteiger partial charge in [-0.3, -0.25) is 9.88 Å². The molecule has 1 aromatic rings. The first-order valence-corrected chi connectivity index (χ1v) is 6.86. The molecule has 1 saturated heterocycles. The van der Waals surface area contributed by atoms with E-state index >= 15 is 0 Å². The lowest BCUT2D eigenvalue weighted by Gasteiger charge is -2.31. The monoisotopic (exact) mass is 278 g/mol. The minimum absolute atomic E-state index is 0.00363. The van der Waals surface area contributed by atoms with Crippen LogP contribution >= 0.6 is 0 Å². The number of hydrogen-bond acceptors (Lipinski definition) is 5. The van der Waals surface area contributed by atoms with Crippen LogP contribution in [0.3, 0.4) is 0 Å². The normalized spacial score (nSPS) is 22.2. The predicted molar refractivity (Wildman–Crippen MR) is 76.1 cm³/mol. The second-order valence-corrected chi connectivity index (χ2v) is 5.21. The molecule has 3 N–H and O–H groups in total. The number of likely N-dealkylation sites (tertiary alicyclic amines) is 1. The number of ether oxygens (including phenoxy) is 1. The number of pyridine rings is 1. The third kappa shape index (κ3) is 3.46. The van der Waals surface area contributed by atoms with Crippen molar-refractivity contribution in [2.45, 2.75) is 31.5 Å². The van der Waals surface area contributed by atoms with Gasteiger partial charge >= 0.3 is 6.09 Å². The van der Waals surface area contributed by atoms with Crippen molar-refractivity contribution in [1.29, 1.82) is 0 Å². The Morgan fingerprint density at radius 3 is 3.05 bits per heavy atom. The van der Waals surface area contributed by atoms with Crippen LogP contribution in [0.25, 0.3) is 0 Å². The van der Waals surface area contributed by atoms with Crippen LogP contribution < -0.4 is 11.1 Å². The first-order valence-electron chi connectivity index (χ1n) is 6.86. The second kappa shape index (κ2) is 6.67. The Balaban J connectivity index is 2.04. The zero-order chi connectivity index (χ0) is 14.5. The highest BCUT2D eigenvalue weighted by molar-refractivity contribution is 5.67.